The molecule has 2 aromatic rings. The molecule has 1 saturated heterocycles. The lowest BCUT2D eigenvalue weighted by atomic mass is 10.0. The molecule has 1 aliphatic heterocycles. The molecule has 1 atom stereocenters. The second-order valence-corrected chi connectivity index (χ2v) is 7.12. The molecule has 1 heterocycles. The minimum absolute atomic E-state index is 0.0208. The molecule has 6 nitrogen and oxygen atoms in total. The minimum atomic E-state index is -1.11. The lowest BCUT2D eigenvalue weighted by molar-refractivity contribution is -0.154. The standard InChI is InChI=1S/C20H16Cl2N2O4/c1-12(19(27)13-6-8-14(21)9-7-13)23(24-17(25)10-11-18(24)26)20(28)15-4-2-3-5-16(15)22/h2-9,12H,10-11H2,1H3/t12-/m1/s1. The molecule has 3 amide bonds. The van der Waals surface area contributed by atoms with E-state index in [1.165, 1.54) is 31.2 Å². The number of amides is 3. The predicted molar refractivity (Wildman–Crippen MR) is 104 cm³/mol. The van der Waals surface area contributed by atoms with Gasteiger partial charge in [-0.3, -0.25) is 19.2 Å². The lowest BCUT2D eigenvalue weighted by Gasteiger charge is -2.34. The van der Waals surface area contributed by atoms with Crippen LogP contribution in [0.3, 0.4) is 0 Å². The summed E-state index contributed by atoms with van der Waals surface area (Å²) >= 11 is 12.0. The van der Waals surface area contributed by atoms with Crippen LogP contribution in [0.25, 0.3) is 0 Å². The van der Waals surface area contributed by atoms with Gasteiger partial charge in [-0.1, -0.05) is 35.3 Å². The lowest BCUT2D eigenvalue weighted by Crippen LogP contribution is -2.56. The van der Waals surface area contributed by atoms with Crippen LogP contribution < -0.4 is 0 Å². The van der Waals surface area contributed by atoms with Crippen LogP contribution in [0.1, 0.15) is 40.5 Å². The normalized spacial score (nSPS) is 14.9. The Labute approximate surface area is 171 Å². The molecular weight excluding hydrogens is 403 g/mol. The third-order valence-corrected chi connectivity index (χ3v) is 5.01. The number of hydrogen-bond acceptors (Lipinski definition) is 4. The zero-order valence-electron chi connectivity index (χ0n) is 14.9. The van der Waals surface area contributed by atoms with Crippen molar-refractivity contribution in [3.63, 3.8) is 0 Å². The fraction of sp³-hybridized carbons (Fsp3) is 0.200. The van der Waals surface area contributed by atoms with E-state index in [1.807, 2.05) is 0 Å². The van der Waals surface area contributed by atoms with E-state index >= 15 is 0 Å². The Kier molecular flexibility index (Phi) is 5.82. The van der Waals surface area contributed by atoms with E-state index in [0.29, 0.717) is 10.6 Å². The van der Waals surface area contributed by atoms with Crippen molar-refractivity contribution in [1.29, 1.82) is 0 Å². The first-order valence-corrected chi connectivity index (χ1v) is 9.30. The maximum Gasteiger partial charge on any atom is 0.275 e. The predicted octanol–water partition coefficient (Wildman–Crippen LogP) is 3.77. The summed E-state index contributed by atoms with van der Waals surface area (Å²) in [5.41, 5.74) is 0.389. The van der Waals surface area contributed by atoms with Crippen LogP contribution in [-0.2, 0) is 9.59 Å². The van der Waals surface area contributed by atoms with Crippen LogP contribution in [0, 0.1) is 0 Å². The average molecular weight is 419 g/mol. The van der Waals surface area contributed by atoms with Gasteiger partial charge in [0.2, 0.25) is 11.8 Å². The molecule has 3 rings (SSSR count). The van der Waals surface area contributed by atoms with Gasteiger partial charge >= 0.3 is 0 Å². The fourth-order valence-corrected chi connectivity index (χ4v) is 3.31. The van der Waals surface area contributed by atoms with Gasteiger partial charge in [0.05, 0.1) is 10.6 Å². The maximum absolute atomic E-state index is 13.2. The smallest absolute Gasteiger partial charge is 0.275 e. The molecular formula is C20H16Cl2N2O4. The van der Waals surface area contributed by atoms with Crippen molar-refractivity contribution in [2.75, 3.05) is 0 Å². The summed E-state index contributed by atoms with van der Waals surface area (Å²) in [6.07, 6.45) is -0.0417. The van der Waals surface area contributed by atoms with Crippen LogP contribution in [0.15, 0.2) is 48.5 Å². The van der Waals surface area contributed by atoms with Gasteiger partial charge in [0, 0.05) is 23.4 Å². The van der Waals surface area contributed by atoms with E-state index < -0.39 is 29.5 Å². The molecule has 0 N–H and O–H groups in total. The monoisotopic (exact) mass is 418 g/mol. The number of benzene rings is 2. The van der Waals surface area contributed by atoms with Gasteiger partial charge in [-0.05, 0) is 43.3 Å². The number of rotatable bonds is 5. The molecule has 0 unspecified atom stereocenters. The third-order valence-electron chi connectivity index (χ3n) is 4.43. The third kappa shape index (κ3) is 3.79. The van der Waals surface area contributed by atoms with Crippen LogP contribution in [0.2, 0.25) is 10.0 Å². The van der Waals surface area contributed by atoms with Crippen molar-refractivity contribution in [1.82, 2.24) is 10.0 Å². The zero-order chi connectivity index (χ0) is 20.4. The molecule has 144 valence electrons. The van der Waals surface area contributed by atoms with E-state index in [0.717, 1.165) is 10.0 Å². The maximum atomic E-state index is 13.2. The van der Waals surface area contributed by atoms with E-state index in [1.54, 1.807) is 24.3 Å². The Morgan fingerprint density at radius 2 is 1.54 bits per heavy atom. The minimum Gasteiger partial charge on any atom is -0.292 e. The second kappa shape index (κ2) is 8.12. The fourth-order valence-electron chi connectivity index (χ4n) is 2.97. The van der Waals surface area contributed by atoms with Crippen LogP contribution in [0.5, 0.6) is 0 Å². The summed E-state index contributed by atoms with van der Waals surface area (Å²) in [6, 6.07) is 11.3. The van der Waals surface area contributed by atoms with Gasteiger partial charge in [0.15, 0.2) is 5.78 Å². The van der Waals surface area contributed by atoms with Crippen molar-refractivity contribution in [2.45, 2.75) is 25.8 Å². The largest absolute Gasteiger partial charge is 0.292 e. The number of nitrogens with zero attached hydrogens (tertiary/aromatic N) is 2. The molecule has 1 fully saturated rings. The van der Waals surface area contributed by atoms with E-state index in [2.05, 4.69) is 0 Å². The number of ketones is 1. The van der Waals surface area contributed by atoms with Gasteiger partial charge in [-0.2, -0.15) is 5.01 Å². The molecule has 0 spiro atoms. The van der Waals surface area contributed by atoms with Gasteiger partial charge in [0.1, 0.15) is 6.04 Å². The molecule has 0 aromatic heterocycles. The molecule has 0 radical (unpaired) electrons. The number of carbonyl (C=O) groups is 4. The summed E-state index contributed by atoms with van der Waals surface area (Å²) in [6.45, 7) is 1.46. The van der Waals surface area contributed by atoms with Crippen molar-refractivity contribution in [2.24, 2.45) is 0 Å². The highest BCUT2D eigenvalue weighted by Gasteiger charge is 2.42. The summed E-state index contributed by atoms with van der Waals surface area (Å²) in [5, 5.41) is 2.26. The highest BCUT2D eigenvalue weighted by atomic mass is 35.5. The van der Waals surface area contributed by atoms with Crippen LogP contribution in [-0.4, -0.2) is 39.6 Å². The number of hydrazine groups is 1. The first kappa shape index (κ1) is 20.0. The average Bonchev–Trinajstić information content (AvgIpc) is 3.01. The van der Waals surface area contributed by atoms with Gasteiger partial charge < -0.3 is 0 Å². The van der Waals surface area contributed by atoms with Crippen molar-refractivity contribution in [3.05, 3.63) is 69.7 Å². The Bertz CT molecular complexity index is 943. The Hall–Kier alpha value is -2.70. The molecule has 2 aromatic carbocycles. The highest BCUT2D eigenvalue weighted by Crippen LogP contribution is 2.25. The number of Topliss-reactive ketones (excluding diaryl/α,β-unsaturated/α-hetero) is 1. The summed E-state index contributed by atoms with van der Waals surface area (Å²) in [5.74, 6) is -2.23. The molecule has 0 saturated carbocycles. The molecule has 0 bridgehead atoms. The highest BCUT2D eigenvalue weighted by molar-refractivity contribution is 6.34. The van der Waals surface area contributed by atoms with Crippen LogP contribution in [0.4, 0.5) is 0 Å². The molecule has 28 heavy (non-hydrogen) atoms. The van der Waals surface area contributed by atoms with Crippen molar-refractivity contribution < 1.29 is 19.2 Å². The zero-order valence-corrected chi connectivity index (χ0v) is 16.4. The first-order valence-electron chi connectivity index (χ1n) is 8.55. The summed E-state index contributed by atoms with van der Waals surface area (Å²) < 4.78 is 0. The quantitative estimate of drug-likeness (QED) is 0.546. The molecule has 0 aliphatic carbocycles. The van der Waals surface area contributed by atoms with Gasteiger partial charge in [-0.15, -0.1) is 0 Å². The Balaban J connectivity index is 2.03. The topological polar surface area (TPSA) is 74.8 Å². The van der Waals surface area contributed by atoms with Crippen molar-refractivity contribution in [3.8, 4) is 0 Å². The van der Waals surface area contributed by atoms with Gasteiger partial charge in [0.25, 0.3) is 5.91 Å². The van der Waals surface area contributed by atoms with Crippen LogP contribution >= 0.6 is 23.2 Å². The first-order chi connectivity index (χ1) is 13.3. The molecule has 1 aliphatic rings. The summed E-state index contributed by atoms with van der Waals surface area (Å²) in [7, 11) is 0. The van der Waals surface area contributed by atoms with Gasteiger partial charge in [-0.25, -0.2) is 5.01 Å². The number of carbonyl (C=O) groups excluding carboxylic acids is 4. The van der Waals surface area contributed by atoms with E-state index in [4.69, 9.17) is 23.2 Å². The molecule has 8 heteroatoms. The van der Waals surface area contributed by atoms with E-state index in [9.17, 15) is 19.2 Å². The summed E-state index contributed by atoms with van der Waals surface area (Å²) in [4.78, 5) is 50.8. The second-order valence-electron chi connectivity index (χ2n) is 6.28. The Morgan fingerprint density at radius 1 is 0.964 bits per heavy atom. The number of hydrogen-bond donors (Lipinski definition) is 0. The number of imide groups is 1. The van der Waals surface area contributed by atoms with E-state index in [-0.39, 0.29) is 23.4 Å². The number of halogens is 2. The SMILES string of the molecule is C[C@H](C(=O)c1ccc(Cl)cc1)N(C(=O)c1ccccc1Cl)N1C(=O)CCC1=O. The van der Waals surface area contributed by atoms with Crippen molar-refractivity contribution >= 4 is 46.7 Å². The Morgan fingerprint density at radius 3 is 2.11 bits per heavy atom.